The molecule has 1 amide bonds. The number of ether oxygens (including phenoxy) is 4. The summed E-state index contributed by atoms with van der Waals surface area (Å²) in [5, 5.41) is 5.89. The summed E-state index contributed by atoms with van der Waals surface area (Å²) in [5.41, 5.74) is 2.37. The van der Waals surface area contributed by atoms with Gasteiger partial charge >= 0.3 is 0 Å². The van der Waals surface area contributed by atoms with E-state index < -0.39 is 0 Å². The fourth-order valence-corrected chi connectivity index (χ4v) is 2.49. The third-order valence-electron chi connectivity index (χ3n) is 3.74. The molecule has 2 aromatic rings. The van der Waals surface area contributed by atoms with Crippen molar-refractivity contribution < 1.29 is 23.7 Å². The van der Waals surface area contributed by atoms with Crippen molar-refractivity contribution in [3.63, 3.8) is 0 Å². The molecule has 2 aromatic carbocycles. The van der Waals surface area contributed by atoms with Crippen molar-refractivity contribution in [1.29, 1.82) is 0 Å². The molecule has 0 aliphatic heterocycles. The Morgan fingerprint density at radius 2 is 1.50 bits per heavy atom. The standard InChI is InChI=1S/C19H24N2O5/c1-12-6-7-15(23-2)14(8-12)20-11-18(22)21-13-9-16(24-3)19(26-5)17(10-13)25-4/h6-10,20H,11H2,1-5H3,(H,21,22). The van der Waals surface area contributed by atoms with Crippen LogP contribution in [0.4, 0.5) is 11.4 Å². The molecule has 0 unspecified atom stereocenters. The van der Waals surface area contributed by atoms with Gasteiger partial charge in [-0.2, -0.15) is 0 Å². The smallest absolute Gasteiger partial charge is 0.243 e. The molecule has 140 valence electrons. The molecular formula is C19H24N2O5. The van der Waals surface area contributed by atoms with Crippen molar-refractivity contribution in [1.82, 2.24) is 0 Å². The number of amides is 1. The Bertz CT molecular complexity index is 752. The molecule has 0 aliphatic rings. The topological polar surface area (TPSA) is 78.1 Å². The molecule has 0 heterocycles. The van der Waals surface area contributed by atoms with Gasteiger partial charge in [-0.25, -0.2) is 0 Å². The van der Waals surface area contributed by atoms with E-state index in [4.69, 9.17) is 18.9 Å². The monoisotopic (exact) mass is 360 g/mol. The molecule has 0 bridgehead atoms. The Labute approximate surface area is 153 Å². The number of hydrogen-bond acceptors (Lipinski definition) is 6. The van der Waals surface area contributed by atoms with E-state index >= 15 is 0 Å². The van der Waals surface area contributed by atoms with Crippen molar-refractivity contribution in [2.75, 3.05) is 45.6 Å². The van der Waals surface area contributed by atoms with Crippen LogP contribution in [0.25, 0.3) is 0 Å². The second kappa shape index (κ2) is 8.84. The van der Waals surface area contributed by atoms with Crippen LogP contribution in [0.15, 0.2) is 30.3 Å². The fraction of sp³-hybridized carbons (Fsp3) is 0.316. The maximum atomic E-state index is 12.3. The van der Waals surface area contributed by atoms with Gasteiger partial charge in [0.05, 0.1) is 40.7 Å². The molecule has 7 heteroatoms. The van der Waals surface area contributed by atoms with Crippen molar-refractivity contribution in [2.24, 2.45) is 0 Å². The highest BCUT2D eigenvalue weighted by Gasteiger charge is 2.14. The van der Waals surface area contributed by atoms with Gasteiger partial charge in [-0.1, -0.05) is 6.07 Å². The third-order valence-corrected chi connectivity index (χ3v) is 3.74. The molecule has 0 fully saturated rings. The van der Waals surface area contributed by atoms with Crippen LogP contribution < -0.4 is 29.6 Å². The predicted molar refractivity (Wildman–Crippen MR) is 101 cm³/mol. The Morgan fingerprint density at radius 1 is 0.885 bits per heavy atom. The van der Waals surface area contributed by atoms with Crippen molar-refractivity contribution >= 4 is 17.3 Å². The lowest BCUT2D eigenvalue weighted by molar-refractivity contribution is -0.114. The van der Waals surface area contributed by atoms with Gasteiger partial charge in [0, 0.05) is 17.8 Å². The van der Waals surface area contributed by atoms with Crippen LogP contribution in [0.1, 0.15) is 5.56 Å². The van der Waals surface area contributed by atoms with Gasteiger partial charge in [0.25, 0.3) is 0 Å². The van der Waals surface area contributed by atoms with Crippen LogP contribution in [-0.4, -0.2) is 40.9 Å². The first-order chi connectivity index (χ1) is 12.5. The number of hydrogen-bond donors (Lipinski definition) is 2. The zero-order valence-corrected chi connectivity index (χ0v) is 15.6. The molecule has 0 radical (unpaired) electrons. The second-order valence-electron chi connectivity index (χ2n) is 5.52. The van der Waals surface area contributed by atoms with Crippen LogP contribution in [0, 0.1) is 6.92 Å². The van der Waals surface area contributed by atoms with Crippen LogP contribution >= 0.6 is 0 Å². The van der Waals surface area contributed by atoms with Crippen LogP contribution in [0.5, 0.6) is 23.0 Å². The highest BCUT2D eigenvalue weighted by molar-refractivity contribution is 5.94. The van der Waals surface area contributed by atoms with E-state index in [9.17, 15) is 4.79 Å². The number of aryl methyl sites for hydroxylation is 1. The minimum atomic E-state index is -0.220. The summed E-state index contributed by atoms with van der Waals surface area (Å²) in [6.07, 6.45) is 0. The number of rotatable bonds is 8. The average molecular weight is 360 g/mol. The van der Waals surface area contributed by atoms with Crippen molar-refractivity contribution in [3.8, 4) is 23.0 Å². The van der Waals surface area contributed by atoms with E-state index in [0.29, 0.717) is 28.7 Å². The minimum Gasteiger partial charge on any atom is -0.495 e. The van der Waals surface area contributed by atoms with Crippen LogP contribution in [0.2, 0.25) is 0 Å². The zero-order valence-electron chi connectivity index (χ0n) is 15.6. The summed E-state index contributed by atoms with van der Waals surface area (Å²) < 4.78 is 21.1. The lowest BCUT2D eigenvalue weighted by Gasteiger charge is -2.15. The van der Waals surface area contributed by atoms with E-state index in [2.05, 4.69) is 10.6 Å². The molecule has 0 aliphatic carbocycles. The normalized spacial score (nSPS) is 10.0. The average Bonchev–Trinajstić information content (AvgIpc) is 2.65. The molecule has 0 atom stereocenters. The summed E-state index contributed by atoms with van der Waals surface area (Å²) in [6, 6.07) is 9.07. The van der Waals surface area contributed by atoms with Gasteiger partial charge < -0.3 is 29.6 Å². The minimum absolute atomic E-state index is 0.0798. The molecule has 0 saturated carbocycles. The zero-order chi connectivity index (χ0) is 19.1. The SMILES string of the molecule is COc1ccc(C)cc1NCC(=O)Nc1cc(OC)c(OC)c(OC)c1. The number of nitrogens with one attached hydrogen (secondary N) is 2. The Morgan fingerprint density at radius 3 is 2.04 bits per heavy atom. The fourth-order valence-electron chi connectivity index (χ4n) is 2.49. The first-order valence-corrected chi connectivity index (χ1v) is 8.00. The molecule has 2 N–H and O–H groups in total. The van der Waals surface area contributed by atoms with E-state index in [-0.39, 0.29) is 12.5 Å². The summed E-state index contributed by atoms with van der Waals surface area (Å²) in [6.45, 7) is 2.05. The Hall–Kier alpha value is -3.09. The lowest BCUT2D eigenvalue weighted by atomic mass is 10.2. The quantitative estimate of drug-likeness (QED) is 0.753. The molecule has 0 spiro atoms. The first kappa shape index (κ1) is 19.2. The summed E-state index contributed by atoms with van der Waals surface area (Å²) >= 11 is 0. The highest BCUT2D eigenvalue weighted by Crippen LogP contribution is 2.39. The Kier molecular flexibility index (Phi) is 6.54. The number of methoxy groups -OCH3 is 4. The van der Waals surface area contributed by atoms with E-state index in [1.165, 1.54) is 21.3 Å². The number of carbonyl (C=O) groups is 1. The molecule has 0 aromatic heterocycles. The van der Waals surface area contributed by atoms with Gasteiger partial charge in [-0.15, -0.1) is 0 Å². The third kappa shape index (κ3) is 4.50. The largest absolute Gasteiger partial charge is 0.495 e. The second-order valence-corrected chi connectivity index (χ2v) is 5.52. The number of anilines is 2. The molecule has 0 saturated heterocycles. The number of carbonyl (C=O) groups excluding carboxylic acids is 1. The van der Waals surface area contributed by atoms with Crippen LogP contribution in [0.3, 0.4) is 0 Å². The predicted octanol–water partition coefficient (Wildman–Crippen LogP) is 3.08. The maximum Gasteiger partial charge on any atom is 0.243 e. The van der Waals surface area contributed by atoms with Gasteiger partial charge in [-0.05, 0) is 24.6 Å². The highest BCUT2D eigenvalue weighted by atomic mass is 16.5. The lowest BCUT2D eigenvalue weighted by Crippen LogP contribution is -2.22. The Balaban J connectivity index is 2.09. The van der Waals surface area contributed by atoms with Crippen molar-refractivity contribution in [3.05, 3.63) is 35.9 Å². The van der Waals surface area contributed by atoms with E-state index in [1.54, 1.807) is 19.2 Å². The molecule has 2 rings (SSSR count). The number of benzene rings is 2. The van der Waals surface area contributed by atoms with Crippen LogP contribution in [-0.2, 0) is 4.79 Å². The molecular weight excluding hydrogens is 336 g/mol. The summed E-state index contributed by atoms with van der Waals surface area (Å²) in [5.74, 6) is 1.86. The van der Waals surface area contributed by atoms with Gasteiger partial charge in [0.1, 0.15) is 5.75 Å². The van der Waals surface area contributed by atoms with E-state index in [1.807, 2.05) is 25.1 Å². The maximum absolute atomic E-state index is 12.3. The molecule has 7 nitrogen and oxygen atoms in total. The summed E-state index contributed by atoms with van der Waals surface area (Å²) in [7, 11) is 6.16. The van der Waals surface area contributed by atoms with Gasteiger partial charge in [-0.3, -0.25) is 4.79 Å². The van der Waals surface area contributed by atoms with Crippen molar-refractivity contribution in [2.45, 2.75) is 6.92 Å². The summed E-state index contributed by atoms with van der Waals surface area (Å²) in [4.78, 5) is 12.3. The van der Waals surface area contributed by atoms with Gasteiger partial charge in [0.15, 0.2) is 11.5 Å². The van der Waals surface area contributed by atoms with E-state index in [0.717, 1.165) is 11.3 Å². The first-order valence-electron chi connectivity index (χ1n) is 8.00. The molecule has 26 heavy (non-hydrogen) atoms. The van der Waals surface area contributed by atoms with Gasteiger partial charge in [0.2, 0.25) is 11.7 Å².